The molecule has 0 aliphatic heterocycles. The van der Waals surface area contributed by atoms with Crippen LogP contribution in [0.3, 0.4) is 0 Å². The van der Waals surface area contributed by atoms with Crippen LogP contribution in [0.25, 0.3) is 0 Å². The largest absolute Gasteiger partial charge is 0.480 e. The number of nitrogens with one attached hydrogen (secondary N) is 2. The number of aryl methyl sites for hydroxylation is 1. The van der Waals surface area contributed by atoms with Crippen LogP contribution >= 0.6 is 0 Å². The molecule has 0 heterocycles. The molecule has 0 fully saturated rings. The molecule has 5 nitrogen and oxygen atoms in total. The Morgan fingerprint density at radius 3 is 2.57 bits per heavy atom. The van der Waals surface area contributed by atoms with Crippen LogP contribution in [-0.2, 0) is 11.3 Å². The van der Waals surface area contributed by atoms with E-state index in [0.29, 0.717) is 12.0 Å². The number of hydrogen-bond acceptors (Lipinski definition) is 2. The van der Waals surface area contributed by atoms with E-state index in [0.717, 1.165) is 5.56 Å². The van der Waals surface area contributed by atoms with E-state index in [2.05, 4.69) is 10.6 Å². The average molecular weight is 296 g/mol. The summed E-state index contributed by atoms with van der Waals surface area (Å²) < 4.78 is 13.1. The van der Waals surface area contributed by atoms with Crippen molar-refractivity contribution in [1.82, 2.24) is 10.6 Å². The molecule has 6 heteroatoms. The molecular weight excluding hydrogens is 275 g/mol. The van der Waals surface area contributed by atoms with Crippen molar-refractivity contribution >= 4 is 12.0 Å². The number of urea groups is 1. The predicted molar refractivity (Wildman–Crippen MR) is 77.4 cm³/mol. The van der Waals surface area contributed by atoms with Crippen LogP contribution < -0.4 is 10.6 Å². The van der Waals surface area contributed by atoms with E-state index in [1.165, 1.54) is 12.1 Å². The summed E-state index contributed by atoms with van der Waals surface area (Å²) in [6.45, 7) is 5.72. The van der Waals surface area contributed by atoms with Crippen LogP contribution in [0.5, 0.6) is 0 Å². The van der Waals surface area contributed by atoms with Gasteiger partial charge in [-0.3, -0.25) is 0 Å². The van der Waals surface area contributed by atoms with Crippen molar-refractivity contribution < 1.29 is 19.1 Å². The topological polar surface area (TPSA) is 78.4 Å². The molecule has 0 aliphatic carbocycles. The molecule has 1 atom stereocenters. The molecule has 2 amide bonds. The lowest BCUT2D eigenvalue weighted by Gasteiger charge is -2.17. The molecule has 0 spiro atoms. The van der Waals surface area contributed by atoms with Crippen LogP contribution in [0.15, 0.2) is 18.2 Å². The fourth-order valence-electron chi connectivity index (χ4n) is 1.91. The van der Waals surface area contributed by atoms with Crippen LogP contribution in [0.4, 0.5) is 9.18 Å². The van der Waals surface area contributed by atoms with Gasteiger partial charge in [0, 0.05) is 6.54 Å². The molecule has 1 rings (SSSR count). The van der Waals surface area contributed by atoms with Crippen molar-refractivity contribution in [2.45, 2.75) is 39.8 Å². The number of halogens is 1. The summed E-state index contributed by atoms with van der Waals surface area (Å²) in [5.74, 6) is -1.29. The summed E-state index contributed by atoms with van der Waals surface area (Å²) in [5, 5.41) is 14.0. The predicted octanol–water partition coefficient (Wildman–Crippen LogP) is 2.43. The Morgan fingerprint density at radius 1 is 1.33 bits per heavy atom. The summed E-state index contributed by atoms with van der Waals surface area (Å²) in [7, 11) is 0. The van der Waals surface area contributed by atoms with Gasteiger partial charge in [-0.25, -0.2) is 14.0 Å². The van der Waals surface area contributed by atoms with E-state index in [1.54, 1.807) is 6.07 Å². The van der Waals surface area contributed by atoms with E-state index in [9.17, 15) is 14.0 Å². The zero-order valence-corrected chi connectivity index (χ0v) is 12.4. The summed E-state index contributed by atoms with van der Waals surface area (Å²) >= 11 is 0. The van der Waals surface area contributed by atoms with Gasteiger partial charge < -0.3 is 15.7 Å². The smallest absolute Gasteiger partial charge is 0.326 e. The third kappa shape index (κ3) is 5.81. The summed E-state index contributed by atoms with van der Waals surface area (Å²) in [6, 6.07) is 2.81. The number of aliphatic carboxylic acids is 1. The van der Waals surface area contributed by atoms with Gasteiger partial charge in [-0.05, 0) is 42.5 Å². The van der Waals surface area contributed by atoms with Crippen LogP contribution in [0.1, 0.15) is 31.4 Å². The van der Waals surface area contributed by atoms with E-state index >= 15 is 0 Å². The Balaban J connectivity index is 2.56. The SMILES string of the molecule is Cc1ccc(F)cc1CNC(=O)NC(CC(C)C)C(=O)O. The van der Waals surface area contributed by atoms with Gasteiger partial charge in [0.1, 0.15) is 11.9 Å². The second-order valence-electron chi connectivity index (χ2n) is 5.42. The van der Waals surface area contributed by atoms with Crippen molar-refractivity contribution in [1.29, 1.82) is 0 Å². The summed E-state index contributed by atoms with van der Waals surface area (Å²) in [4.78, 5) is 22.8. The third-order valence-corrected chi connectivity index (χ3v) is 3.06. The molecule has 0 saturated carbocycles. The number of rotatable bonds is 6. The number of carboxylic acids is 1. The fourth-order valence-corrected chi connectivity index (χ4v) is 1.91. The third-order valence-electron chi connectivity index (χ3n) is 3.06. The fraction of sp³-hybridized carbons (Fsp3) is 0.467. The van der Waals surface area contributed by atoms with Crippen LogP contribution in [0, 0.1) is 18.7 Å². The zero-order valence-electron chi connectivity index (χ0n) is 12.4. The van der Waals surface area contributed by atoms with Gasteiger partial charge in [0.2, 0.25) is 0 Å². The molecule has 0 radical (unpaired) electrons. The second kappa shape index (κ2) is 7.61. The van der Waals surface area contributed by atoms with Crippen LogP contribution in [-0.4, -0.2) is 23.1 Å². The first-order chi connectivity index (χ1) is 9.79. The first kappa shape index (κ1) is 16.9. The lowest BCUT2D eigenvalue weighted by atomic mass is 10.0. The molecule has 0 bridgehead atoms. The summed E-state index contributed by atoms with van der Waals surface area (Å²) in [6.07, 6.45) is 0.349. The van der Waals surface area contributed by atoms with Gasteiger partial charge in [0.05, 0.1) is 0 Å². The molecule has 116 valence electrons. The zero-order chi connectivity index (χ0) is 16.0. The van der Waals surface area contributed by atoms with E-state index in [-0.39, 0.29) is 18.3 Å². The normalized spacial score (nSPS) is 12.0. The van der Waals surface area contributed by atoms with Crippen molar-refractivity contribution in [3.8, 4) is 0 Å². The maximum Gasteiger partial charge on any atom is 0.326 e. The Hall–Kier alpha value is -2.11. The van der Waals surface area contributed by atoms with Gasteiger partial charge in [0.15, 0.2) is 0 Å². The quantitative estimate of drug-likeness (QED) is 0.754. The molecule has 1 aromatic rings. The highest BCUT2D eigenvalue weighted by atomic mass is 19.1. The van der Waals surface area contributed by atoms with Crippen LogP contribution in [0.2, 0.25) is 0 Å². The molecule has 21 heavy (non-hydrogen) atoms. The number of benzene rings is 1. The Kier molecular flexibility index (Phi) is 6.14. The minimum absolute atomic E-state index is 0.142. The number of carboxylic acid groups (broad SMARTS) is 1. The maximum absolute atomic E-state index is 13.1. The lowest BCUT2D eigenvalue weighted by molar-refractivity contribution is -0.139. The van der Waals surface area contributed by atoms with Gasteiger partial charge >= 0.3 is 12.0 Å². The minimum Gasteiger partial charge on any atom is -0.480 e. The highest BCUT2D eigenvalue weighted by Gasteiger charge is 2.20. The highest BCUT2D eigenvalue weighted by Crippen LogP contribution is 2.10. The Morgan fingerprint density at radius 2 is 2.00 bits per heavy atom. The minimum atomic E-state index is -1.07. The van der Waals surface area contributed by atoms with Crippen molar-refractivity contribution in [2.75, 3.05) is 0 Å². The molecule has 0 aliphatic rings. The highest BCUT2D eigenvalue weighted by molar-refractivity contribution is 5.82. The van der Waals surface area contributed by atoms with E-state index in [1.807, 2.05) is 20.8 Å². The van der Waals surface area contributed by atoms with Gasteiger partial charge in [0.25, 0.3) is 0 Å². The summed E-state index contributed by atoms with van der Waals surface area (Å²) in [5.41, 5.74) is 1.51. The maximum atomic E-state index is 13.1. The lowest BCUT2D eigenvalue weighted by Crippen LogP contribution is -2.46. The van der Waals surface area contributed by atoms with E-state index < -0.39 is 18.0 Å². The van der Waals surface area contributed by atoms with Gasteiger partial charge in [-0.15, -0.1) is 0 Å². The molecular formula is C15H21FN2O3. The second-order valence-corrected chi connectivity index (χ2v) is 5.42. The number of hydrogen-bond donors (Lipinski definition) is 3. The number of carbonyl (C=O) groups is 2. The first-order valence-corrected chi connectivity index (χ1v) is 6.81. The average Bonchev–Trinajstić information content (AvgIpc) is 2.38. The standard InChI is InChI=1S/C15H21FN2O3/c1-9(2)6-13(14(19)20)18-15(21)17-8-11-7-12(16)5-4-10(11)3/h4-5,7,9,13H,6,8H2,1-3H3,(H,19,20)(H2,17,18,21). The first-order valence-electron chi connectivity index (χ1n) is 6.81. The van der Waals surface area contributed by atoms with Gasteiger partial charge in [-0.2, -0.15) is 0 Å². The number of carbonyl (C=O) groups excluding carboxylic acids is 1. The molecule has 1 aromatic carbocycles. The van der Waals surface area contributed by atoms with Crippen molar-refractivity contribution in [3.05, 3.63) is 35.1 Å². The molecule has 0 aromatic heterocycles. The molecule has 3 N–H and O–H groups in total. The number of amides is 2. The van der Waals surface area contributed by atoms with Crippen molar-refractivity contribution in [2.24, 2.45) is 5.92 Å². The van der Waals surface area contributed by atoms with Crippen molar-refractivity contribution in [3.63, 3.8) is 0 Å². The monoisotopic (exact) mass is 296 g/mol. The molecule has 0 saturated heterocycles. The Bertz CT molecular complexity index is 518. The van der Waals surface area contributed by atoms with Gasteiger partial charge in [-0.1, -0.05) is 19.9 Å². The molecule has 1 unspecified atom stereocenters. The Labute approximate surface area is 123 Å². The van der Waals surface area contributed by atoms with E-state index in [4.69, 9.17) is 5.11 Å².